The van der Waals surface area contributed by atoms with Crippen LogP contribution in [-0.4, -0.2) is 51.4 Å². The van der Waals surface area contributed by atoms with Crippen molar-refractivity contribution in [1.29, 1.82) is 0 Å². The Labute approximate surface area is 206 Å². The van der Waals surface area contributed by atoms with E-state index < -0.39 is 11.6 Å². The lowest BCUT2D eigenvalue weighted by Crippen LogP contribution is -2.38. The van der Waals surface area contributed by atoms with Gasteiger partial charge in [0.05, 0.1) is 30.2 Å². The molecule has 1 N–H and O–H groups in total. The molecule has 0 spiro atoms. The Kier molecular flexibility index (Phi) is 6.31. The molecule has 0 unspecified atom stereocenters. The highest BCUT2D eigenvalue weighted by Gasteiger charge is 2.26. The topological polar surface area (TPSA) is 85.9 Å². The number of amides is 1. The highest BCUT2D eigenvalue weighted by Crippen LogP contribution is 2.31. The van der Waals surface area contributed by atoms with E-state index in [-0.39, 0.29) is 18.1 Å². The first-order chi connectivity index (χ1) is 17.3. The van der Waals surface area contributed by atoms with Crippen LogP contribution in [0.4, 0.5) is 20.3 Å². The van der Waals surface area contributed by atoms with Gasteiger partial charge in [-0.1, -0.05) is 6.07 Å². The van der Waals surface area contributed by atoms with E-state index in [1.165, 1.54) is 18.2 Å². The number of aromatic nitrogens is 4. The Bertz CT molecular complexity index is 1420. The summed E-state index contributed by atoms with van der Waals surface area (Å²) in [7, 11) is 1.84. The lowest BCUT2D eigenvalue weighted by Gasteiger charge is -2.29. The lowest BCUT2D eigenvalue weighted by atomic mass is 10.2. The summed E-state index contributed by atoms with van der Waals surface area (Å²) in [4.78, 5) is 20.1. The molecular formula is C25H26F2N6O3. The smallest absolute Gasteiger partial charge is 0.274 e. The SMILES string of the molecule is Cc1nn(C)c(N2CCOCC2)c1NC(=O)c1c(C)nc2c(OCc3c(F)cccc3F)cccn12. The number of anilines is 2. The number of carbonyl (C=O) groups excluding carboxylic acids is 1. The van der Waals surface area contributed by atoms with Crippen molar-refractivity contribution >= 4 is 23.1 Å². The number of imidazole rings is 1. The minimum Gasteiger partial charge on any atom is -0.485 e. The molecule has 4 aromatic rings. The van der Waals surface area contributed by atoms with Gasteiger partial charge in [-0.3, -0.25) is 13.9 Å². The minimum atomic E-state index is -0.690. The summed E-state index contributed by atoms with van der Waals surface area (Å²) < 4.78 is 42.6. The first-order valence-corrected chi connectivity index (χ1v) is 11.6. The van der Waals surface area contributed by atoms with Gasteiger partial charge in [0, 0.05) is 26.3 Å². The first-order valence-electron chi connectivity index (χ1n) is 11.6. The fourth-order valence-corrected chi connectivity index (χ4v) is 4.47. The highest BCUT2D eigenvalue weighted by atomic mass is 19.1. The zero-order chi connectivity index (χ0) is 25.4. The number of pyridine rings is 1. The predicted molar refractivity (Wildman–Crippen MR) is 130 cm³/mol. The molecule has 3 aromatic heterocycles. The van der Waals surface area contributed by atoms with Crippen LogP contribution in [0.25, 0.3) is 5.65 Å². The maximum Gasteiger partial charge on any atom is 0.274 e. The fourth-order valence-electron chi connectivity index (χ4n) is 4.47. The second-order valence-corrected chi connectivity index (χ2v) is 8.56. The summed E-state index contributed by atoms with van der Waals surface area (Å²) in [5.41, 5.74) is 2.31. The van der Waals surface area contributed by atoms with E-state index in [0.717, 1.165) is 5.82 Å². The van der Waals surface area contributed by atoms with Crippen LogP contribution in [0.2, 0.25) is 0 Å². The maximum atomic E-state index is 14.0. The molecule has 0 bridgehead atoms. The normalized spacial score (nSPS) is 13.9. The van der Waals surface area contributed by atoms with Gasteiger partial charge in [-0.25, -0.2) is 13.8 Å². The van der Waals surface area contributed by atoms with Gasteiger partial charge in [0.25, 0.3) is 5.91 Å². The molecule has 0 aliphatic carbocycles. The molecule has 36 heavy (non-hydrogen) atoms. The van der Waals surface area contributed by atoms with Crippen molar-refractivity contribution in [3.05, 3.63) is 70.8 Å². The van der Waals surface area contributed by atoms with Crippen LogP contribution in [0.1, 0.15) is 27.4 Å². The molecule has 0 radical (unpaired) electrons. The second kappa shape index (κ2) is 9.57. The maximum absolute atomic E-state index is 14.0. The van der Waals surface area contributed by atoms with Crippen LogP contribution in [0.15, 0.2) is 36.5 Å². The van der Waals surface area contributed by atoms with Crippen molar-refractivity contribution in [3.8, 4) is 5.75 Å². The first kappa shape index (κ1) is 23.7. The number of halogens is 2. The van der Waals surface area contributed by atoms with Crippen LogP contribution >= 0.6 is 0 Å². The fraction of sp³-hybridized carbons (Fsp3) is 0.320. The molecule has 1 saturated heterocycles. The number of ether oxygens (including phenoxy) is 2. The highest BCUT2D eigenvalue weighted by molar-refractivity contribution is 6.06. The lowest BCUT2D eigenvalue weighted by molar-refractivity contribution is 0.102. The number of hydrogen-bond acceptors (Lipinski definition) is 6. The number of benzene rings is 1. The molecule has 4 heterocycles. The number of fused-ring (bicyclic) bond motifs is 1. The number of aryl methyl sites for hydroxylation is 3. The van der Waals surface area contributed by atoms with Crippen molar-refractivity contribution in [2.45, 2.75) is 20.5 Å². The number of morpholine rings is 1. The molecular weight excluding hydrogens is 470 g/mol. The quantitative estimate of drug-likeness (QED) is 0.439. The average molecular weight is 497 g/mol. The van der Waals surface area contributed by atoms with E-state index in [9.17, 15) is 13.6 Å². The summed E-state index contributed by atoms with van der Waals surface area (Å²) >= 11 is 0. The largest absolute Gasteiger partial charge is 0.485 e. The molecule has 11 heteroatoms. The summed E-state index contributed by atoms with van der Waals surface area (Å²) in [6.45, 7) is 5.84. The molecule has 0 atom stereocenters. The Balaban J connectivity index is 1.44. The number of nitrogens with zero attached hydrogens (tertiary/aromatic N) is 5. The molecule has 1 aliphatic rings. The summed E-state index contributed by atoms with van der Waals surface area (Å²) in [6, 6.07) is 6.98. The third-order valence-electron chi connectivity index (χ3n) is 6.18. The Hall–Kier alpha value is -3.99. The molecule has 188 valence electrons. The zero-order valence-electron chi connectivity index (χ0n) is 20.2. The van der Waals surface area contributed by atoms with Gasteiger partial charge in [0.1, 0.15) is 29.6 Å². The number of hydrogen-bond donors (Lipinski definition) is 1. The Morgan fingerprint density at radius 2 is 1.83 bits per heavy atom. The number of carbonyl (C=O) groups is 1. The standard InChI is InChI=1S/C25H26F2N6O3/c1-15-21(25(31(3)30-15)32-10-12-35-13-11-32)29-24(34)22-16(2)28-23-20(8-5-9-33(22)23)36-14-17-18(26)6-4-7-19(17)27/h4-9H,10-14H2,1-3H3,(H,29,34). The van der Waals surface area contributed by atoms with Crippen LogP contribution < -0.4 is 15.0 Å². The third-order valence-corrected chi connectivity index (χ3v) is 6.18. The van der Waals surface area contributed by atoms with Gasteiger partial charge < -0.3 is 19.7 Å². The third kappa shape index (κ3) is 4.26. The van der Waals surface area contributed by atoms with Crippen LogP contribution in [0.3, 0.4) is 0 Å². The van der Waals surface area contributed by atoms with Crippen LogP contribution in [0, 0.1) is 25.5 Å². The van der Waals surface area contributed by atoms with E-state index in [1.807, 2.05) is 14.0 Å². The monoisotopic (exact) mass is 496 g/mol. The summed E-state index contributed by atoms with van der Waals surface area (Å²) in [5, 5.41) is 7.52. The Morgan fingerprint density at radius 3 is 2.56 bits per heavy atom. The van der Waals surface area contributed by atoms with E-state index in [2.05, 4.69) is 20.3 Å². The van der Waals surface area contributed by atoms with Gasteiger partial charge in [-0.05, 0) is 38.1 Å². The molecule has 1 aromatic carbocycles. The van der Waals surface area contributed by atoms with Gasteiger partial charge in [0.15, 0.2) is 17.2 Å². The summed E-state index contributed by atoms with van der Waals surface area (Å²) in [5.74, 6) is -0.628. The van der Waals surface area contributed by atoms with E-state index in [1.54, 1.807) is 34.3 Å². The predicted octanol–water partition coefficient (Wildman–Crippen LogP) is 3.63. The van der Waals surface area contributed by atoms with Crippen molar-refractivity contribution in [3.63, 3.8) is 0 Å². The average Bonchev–Trinajstić information content (AvgIpc) is 3.34. The molecule has 9 nitrogen and oxygen atoms in total. The summed E-state index contributed by atoms with van der Waals surface area (Å²) in [6.07, 6.45) is 1.69. The van der Waals surface area contributed by atoms with Gasteiger partial charge in [-0.2, -0.15) is 5.10 Å². The van der Waals surface area contributed by atoms with Gasteiger partial charge in [-0.15, -0.1) is 0 Å². The zero-order valence-corrected chi connectivity index (χ0v) is 20.2. The van der Waals surface area contributed by atoms with E-state index in [4.69, 9.17) is 9.47 Å². The number of nitrogens with one attached hydrogen (secondary N) is 1. The molecule has 0 saturated carbocycles. The molecule has 5 rings (SSSR count). The minimum absolute atomic E-state index is 0.177. The number of rotatable bonds is 6. The molecule has 1 aliphatic heterocycles. The van der Waals surface area contributed by atoms with Gasteiger partial charge >= 0.3 is 0 Å². The van der Waals surface area contributed by atoms with Crippen LogP contribution in [0.5, 0.6) is 5.75 Å². The van der Waals surface area contributed by atoms with Crippen LogP contribution in [-0.2, 0) is 18.4 Å². The van der Waals surface area contributed by atoms with Gasteiger partial charge in [0.2, 0.25) is 0 Å². The van der Waals surface area contributed by atoms with E-state index >= 15 is 0 Å². The molecule has 1 fully saturated rings. The van der Waals surface area contributed by atoms with Crippen molar-refractivity contribution in [1.82, 2.24) is 19.2 Å². The van der Waals surface area contributed by atoms with E-state index in [0.29, 0.717) is 60.5 Å². The van der Waals surface area contributed by atoms with Crippen molar-refractivity contribution in [2.75, 3.05) is 36.5 Å². The Morgan fingerprint density at radius 1 is 1.11 bits per heavy atom. The van der Waals surface area contributed by atoms with Crippen molar-refractivity contribution < 1.29 is 23.0 Å². The molecule has 1 amide bonds. The second-order valence-electron chi connectivity index (χ2n) is 8.56. The van der Waals surface area contributed by atoms with Crippen molar-refractivity contribution in [2.24, 2.45) is 7.05 Å².